The van der Waals surface area contributed by atoms with Gasteiger partial charge in [0.15, 0.2) is 0 Å². The van der Waals surface area contributed by atoms with Gasteiger partial charge in [0, 0.05) is 29.3 Å². The first-order valence-electron chi connectivity index (χ1n) is 8.79. The smallest absolute Gasteiger partial charge is 0.273 e. The molecule has 0 radical (unpaired) electrons. The number of nitrogens with one attached hydrogen (secondary N) is 1. The number of nitrogens with zero attached hydrogens (tertiary/aromatic N) is 2. The van der Waals surface area contributed by atoms with Gasteiger partial charge in [0.2, 0.25) is 0 Å². The van der Waals surface area contributed by atoms with Gasteiger partial charge in [-0.15, -0.1) is 0 Å². The fourth-order valence-electron chi connectivity index (χ4n) is 3.61. The minimum absolute atomic E-state index is 0.00499. The summed E-state index contributed by atoms with van der Waals surface area (Å²) in [6.07, 6.45) is 0.413. The summed E-state index contributed by atoms with van der Waals surface area (Å²) in [5.74, 6) is -0.178. The molecular weight excluding hydrogens is 382 g/mol. The van der Waals surface area contributed by atoms with Gasteiger partial charge in [0.1, 0.15) is 22.9 Å². The number of benzene rings is 2. The van der Waals surface area contributed by atoms with Crippen LogP contribution in [0.15, 0.2) is 42.5 Å². The summed E-state index contributed by atoms with van der Waals surface area (Å²) in [7, 11) is 0. The van der Waals surface area contributed by atoms with Crippen LogP contribution in [-0.2, 0) is 0 Å². The number of amides is 1. The Morgan fingerprint density at radius 2 is 2.00 bits per heavy atom. The summed E-state index contributed by atoms with van der Waals surface area (Å²) >= 11 is 6.10. The van der Waals surface area contributed by atoms with Gasteiger partial charge in [-0.25, -0.2) is 0 Å². The molecule has 144 valence electrons. The molecule has 1 aliphatic rings. The van der Waals surface area contributed by atoms with Gasteiger partial charge in [-0.05, 0) is 42.3 Å². The van der Waals surface area contributed by atoms with E-state index in [1.165, 1.54) is 6.07 Å². The standard InChI is InChI=1S/C20H18ClN3O4/c21-12-5-6-15(27)14(10-12)17-16-18(23-22-17)20(28)24(7-2-8-25)19(16)11-3-1-4-13(26)9-11/h1,3-6,9-10,19,25-27H,2,7-8H2,(H,22,23). The van der Waals surface area contributed by atoms with Crippen LogP contribution in [0.5, 0.6) is 11.5 Å². The van der Waals surface area contributed by atoms with E-state index in [0.717, 1.165) is 0 Å². The van der Waals surface area contributed by atoms with Crippen molar-refractivity contribution >= 4 is 17.5 Å². The number of aromatic nitrogens is 2. The van der Waals surface area contributed by atoms with Gasteiger partial charge in [0.25, 0.3) is 5.91 Å². The van der Waals surface area contributed by atoms with Gasteiger partial charge in [0.05, 0.1) is 6.04 Å². The van der Waals surface area contributed by atoms with E-state index in [1.54, 1.807) is 35.2 Å². The number of hydrogen-bond donors (Lipinski definition) is 4. The highest BCUT2D eigenvalue weighted by Crippen LogP contribution is 2.45. The molecule has 8 heteroatoms. The van der Waals surface area contributed by atoms with E-state index in [0.29, 0.717) is 46.1 Å². The van der Waals surface area contributed by atoms with E-state index in [-0.39, 0.29) is 24.0 Å². The number of carbonyl (C=O) groups excluding carboxylic acids is 1. The zero-order valence-corrected chi connectivity index (χ0v) is 15.5. The van der Waals surface area contributed by atoms with Crippen molar-refractivity contribution in [3.63, 3.8) is 0 Å². The summed E-state index contributed by atoms with van der Waals surface area (Å²) < 4.78 is 0. The number of hydrogen-bond acceptors (Lipinski definition) is 5. The van der Waals surface area contributed by atoms with Crippen molar-refractivity contribution in [3.8, 4) is 22.8 Å². The van der Waals surface area contributed by atoms with Crippen molar-refractivity contribution in [1.82, 2.24) is 15.1 Å². The number of aromatic hydroxyl groups is 2. The number of rotatable bonds is 5. The molecule has 1 aromatic heterocycles. The number of halogens is 1. The van der Waals surface area contributed by atoms with Crippen molar-refractivity contribution in [3.05, 3.63) is 64.3 Å². The Bertz CT molecular complexity index is 1050. The Morgan fingerprint density at radius 3 is 2.75 bits per heavy atom. The van der Waals surface area contributed by atoms with Gasteiger partial charge < -0.3 is 20.2 Å². The monoisotopic (exact) mass is 399 g/mol. The Balaban J connectivity index is 1.91. The molecule has 1 unspecified atom stereocenters. The molecule has 2 heterocycles. The van der Waals surface area contributed by atoms with Crippen molar-refractivity contribution in [2.75, 3.05) is 13.2 Å². The normalized spacial score (nSPS) is 15.9. The Morgan fingerprint density at radius 1 is 1.18 bits per heavy atom. The Labute approximate surface area is 165 Å². The molecule has 4 rings (SSSR count). The average Bonchev–Trinajstić information content (AvgIpc) is 3.21. The molecule has 1 amide bonds. The van der Waals surface area contributed by atoms with Crippen molar-refractivity contribution < 1.29 is 20.1 Å². The number of carbonyl (C=O) groups is 1. The Hall–Kier alpha value is -3.03. The lowest BCUT2D eigenvalue weighted by Gasteiger charge is -2.26. The highest BCUT2D eigenvalue weighted by Gasteiger charge is 2.42. The number of fused-ring (bicyclic) bond motifs is 1. The number of phenols is 2. The highest BCUT2D eigenvalue weighted by atomic mass is 35.5. The van der Waals surface area contributed by atoms with Crippen molar-refractivity contribution in [2.45, 2.75) is 12.5 Å². The van der Waals surface area contributed by atoms with Crippen molar-refractivity contribution in [1.29, 1.82) is 0 Å². The highest BCUT2D eigenvalue weighted by molar-refractivity contribution is 6.31. The zero-order valence-electron chi connectivity index (χ0n) is 14.8. The molecule has 28 heavy (non-hydrogen) atoms. The van der Waals surface area contributed by atoms with E-state index in [9.17, 15) is 20.1 Å². The van der Waals surface area contributed by atoms with Gasteiger partial charge in [-0.3, -0.25) is 9.89 Å². The van der Waals surface area contributed by atoms with Crippen LogP contribution in [0, 0.1) is 0 Å². The fraction of sp³-hybridized carbons (Fsp3) is 0.200. The minimum Gasteiger partial charge on any atom is -0.508 e. The molecule has 0 fully saturated rings. The maximum absolute atomic E-state index is 13.0. The predicted octanol–water partition coefficient (Wildman–Crippen LogP) is 3.07. The number of aromatic amines is 1. The maximum atomic E-state index is 13.0. The number of aliphatic hydroxyl groups is 1. The topological polar surface area (TPSA) is 110 Å². The van der Waals surface area contributed by atoms with Gasteiger partial charge in [-0.1, -0.05) is 23.7 Å². The third-order valence-corrected chi connectivity index (χ3v) is 5.06. The first-order valence-corrected chi connectivity index (χ1v) is 9.17. The van der Waals surface area contributed by atoms with Crippen LogP contribution in [0.4, 0.5) is 0 Å². The molecule has 0 aliphatic carbocycles. The first kappa shape index (κ1) is 18.3. The molecule has 0 saturated carbocycles. The largest absolute Gasteiger partial charge is 0.508 e. The second kappa shape index (κ2) is 7.18. The SMILES string of the molecule is O=C1c2[nH]nc(-c3cc(Cl)ccc3O)c2C(c2cccc(O)c2)N1CCCO. The quantitative estimate of drug-likeness (QED) is 0.527. The lowest BCUT2D eigenvalue weighted by Crippen LogP contribution is -2.31. The second-order valence-corrected chi connectivity index (χ2v) is 7.03. The molecule has 3 aromatic rings. The molecule has 1 aliphatic heterocycles. The van der Waals surface area contributed by atoms with Crippen LogP contribution >= 0.6 is 11.6 Å². The van der Waals surface area contributed by atoms with E-state index in [1.807, 2.05) is 6.07 Å². The fourth-order valence-corrected chi connectivity index (χ4v) is 3.79. The molecule has 4 N–H and O–H groups in total. The molecule has 0 spiro atoms. The lowest BCUT2D eigenvalue weighted by atomic mass is 9.95. The summed E-state index contributed by atoms with van der Waals surface area (Å²) in [6.45, 7) is 0.282. The van der Waals surface area contributed by atoms with Crippen LogP contribution in [-0.4, -0.2) is 49.5 Å². The number of aliphatic hydroxyl groups excluding tert-OH is 1. The Kier molecular flexibility index (Phi) is 4.70. The number of phenolic OH excluding ortho intramolecular Hbond substituents is 2. The third-order valence-electron chi connectivity index (χ3n) is 4.82. The third kappa shape index (κ3) is 2.98. The molecule has 7 nitrogen and oxygen atoms in total. The van der Waals surface area contributed by atoms with Crippen molar-refractivity contribution in [2.24, 2.45) is 0 Å². The minimum atomic E-state index is -0.520. The average molecular weight is 400 g/mol. The summed E-state index contributed by atoms with van der Waals surface area (Å²) in [5.41, 5.74) is 2.45. The van der Waals surface area contributed by atoms with Crippen LogP contribution in [0.25, 0.3) is 11.3 Å². The molecule has 0 bridgehead atoms. The van der Waals surface area contributed by atoms with Crippen LogP contribution in [0.3, 0.4) is 0 Å². The van der Waals surface area contributed by atoms with Gasteiger partial charge in [-0.2, -0.15) is 5.10 Å². The zero-order chi connectivity index (χ0) is 19.8. The second-order valence-electron chi connectivity index (χ2n) is 6.60. The lowest BCUT2D eigenvalue weighted by molar-refractivity contribution is 0.0732. The molecule has 0 saturated heterocycles. The summed E-state index contributed by atoms with van der Waals surface area (Å²) in [4.78, 5) is 14.6. The first-order chi connectivity index (χ1) is 13.5. The van der Waals surface area contributed by atoms with Crippen LogP contribution in [0.2, 0.25) is 5.02 Å². The maximum Gasteiger partial charge on any atom is 0.273 e. The number of H-pyrrole nitrogens is 1. The molecule has 2 aromatic carbocycles. The van der Waals surface area contributed by atoms with Crippen LogP contribution in [0.1, 0.15) is 34.1 Å². The summed E-state index contributed by atoms with van der Waals surface area (Å²) in [6, 6.07) is 10.8. The van der Waals surface area contributed by atoms with Gasteiger partial charge >= 0.3 is 0 Å². The van der Waals surface area contributed by atoms with E-state index in [2.05, 4.69) is 10.2 Å². The molecular formula is C20H18ClN3O4. The van der Waals surface area contributed by atoms with E-state index >= 15 is 0 Å². The van der Waals surface area contributed by atoms with Crippen LogP contribution < -0.4 is 0 Å². The predicted molar refractivity (Wildman–Crippen MR) is 103 cm³/mol. The summed E-state index contributed by atoms with van der Waals surface area (Å²) in [5, 5.41) is 37.0. The van der Waals surface area contributed by atoms with E-state index < -0.39 is 6.04 Å². The van der Waals surface area contributed by atoms with E-state index in [4.69, 9.17) is 11.6 Å². The molecule has 1 atom stereocenters.